The lowest BCUT2D eigenvalue weighted by atomic mass is 10.1. The molecule has 3 atom stereocenters. The SMILES string of the molecule is Cn1nnc(-c2ccc(-c3ccc(N4CC(COP(=O)(O)OC[C@H]5CN(c6ccc(-c7ccc(-c8nnn(C)n8)nc7)c(F)c6)C(=O)O5)OC4=O)cc3F)cn2)n1. The van der Waals surface area contributed by atoms with Crippen LogP contribution in [0.15, 0.2) is 73.1 Å². The lowest BCUT2D eigenvalue weighted by molar-refractivity contribution is 0.0572. The molecule has 292 valence electrons. The number of amides is 2. The van der Waals surface area contributed by atoms with Crippen LogP contribution in [0.3, 0.4) is 0 Å². The third-order valence-electron chi connectivity index (χ3n) is 8.75. The molecule has 2 unspecified atom stereocenters. The maximum absolute atomic E-state index is 15.2. The molecule has 2 aliphatic rings. The molecule has 1 N–H and O–H groups in total. The Hall–Kier alpha value is -6.61. The van der Waals surface area contributed by atoms with Gasteiger partial charge in [-0.2, -0.15) is 9.59 Å². The number of hydrogen-bond acceptors (Lipinski definition) is 15. The Bertz CT molecular complexity index is 2350. The fraction of sp³-hybridized carbons (Fsp3) is 0.235. The van der Waals surface area contributed by atoms with E-state index in [0.29, 0.717) is 34.2 Å². The van der Waals surface area contributed by atoms with Gasteiger partial charge in [-0.25, -0.2) is 22.9 Å². The van der Waals surface area contributed by atoms with Gasteiger partial charge in [0.2, 0.25) is 11.6 Å². The van der Waals surface area contributed by atoms with Crippen molar-refractivity contribution < 1.29 is 46.3 Å². The van der Waals surface area contributed by atoms with Crippen molar-refractivity contribution in [3.05, 3.63) is 84.7 Å². The Morgan fingerprint density at radius 3 is 1.51 bits per heavy atom. The molecule has 0 bridgehead atoms. The number of aryl methyl sites for hydroxylation is 2. The minimum absolute atomic E-state index is 0.119. The van der Waals surface area contributed by atoms with Gasteiger partial charge in [0, 0.05) is 34.6 Å². The van der Waals surface area contributed by atoms with Crippen LogP contribution >= 0.6 is 7.82 Å². The highest BCUT2D eigenvalue weighted by atomic mass is 31.2. The van der Waals surface area contributed by atoms with Crippen molar-refractivity contribution >= 4 is 31.4 Å². The van der Waals surface area contributed by atoms with E-state index in [0.717, 1.165) is 21.9 Å². The number of aromatic nitrogens is 10. The predicted molar refractivity (Wildman–Crippen MR) is 192 cm³/mol. The van der Waals surface area contributed by atoms with E-state index in [1.165, 1.54) is 46.3 Å². The van der Waals surface area contributed by atoms with E-state index in [1.54, 1.807) is 38.4 Å². The van der Waals surface area contributed by atoms with Crippen molar-refractivity contribution in [2.45, 2.75) is 12.2 Å². The minimum Gasteiger partial charge on any atom is -0.441 e. The molecule has 0 saturated carbocycles. The highest BCUT2D eigenvalue weighted by molar-refractivity contribution is 7.47. The second-order valence-electron chi connectivity index (χ2n) is 12.7. The number of phosphoric ester groups is 1. The molecule has 2 aromatic carbocycles. The topological polar surface area (TPSA) is 228 Å². The largest absolute Gasteiger partial charge is 0.472 e. The molecule has 2 amide bonds. The summed E-state index contributed by atoms with van der Waals surface area (Å²) in [6.45, 7) is -1.31. The van der Waals surface area contributed by atoms with Gasteiger partial charge < -0.3 is 14.4 Å². The minimum atomic E-state index is -4.74. The number of rotatable bonds is 12. The normalized spacial score (nSPS) is 17.8. The summed E-state index contributed by atoms with van der Waals surface area (Å²) in [6, 6.07) is 14.9. The van der Waals surface area contributed by atoms with Gasteiger partial charge in [0.1, 0.15) is 35.2 Å². The zero-order valence-corrected chi connectivity index (χ0v) is 30.7. The quantitative estimate of drug-likeness (QED) is 0.173. The first kappa shape index (κ1) is 37.3. The third-order valence-corrected chi connectivity index (χ3v) is 9.70. The summed E-state index contributed by atoms with van der Waals surface area (Å²) in [6.07, 6.45) is -0.719. The molecule has 0 radical (unpaired) electrons. The molecule has 2 aliphatic heterocycles. The van der Waals surface area contributed by atoms with E-state index >= 15 is 8.78 Å². The number of ether oxygens (including phenoxy) is 2. The molecular weight excluding hydrogens is 773 g/mol. The summed E-state index contributed by atoms with van der Waals surface area (Å²) in [5.74, 6) is -0.637. The van der Waals surface area contributed by atoms with Gasteiger partial charge in [-0.15, -0.1) is 20.4 Å². The van der Waals surface area contributed by atoms with Crippen molar-refractivity contribution in [2.24, 2.45) is 14.1 Å². The van der Waals surface area contributed by atoms with Crippen LogP contribution in [0.1, 0.15) is 0 Å². The number of hydrogen-bond donors (Lipinski definition) is 1. The Kier molecular flexibility index (Phi) is 9.92. The number of carbonyl (C=O) groups is 2. The first-order valence-corrected chi connectivity index (χ1v) is 18.5. The summed E-state index contributed by atoms with van der Waals surface area (Å²) in [5.41, 5.74) is 2.68. The summed E-state index contributed by atoms with van der Waals surface area (Å²) < 4.78 is 63.8. The van der Waals surface area contributed by atoms with Gasteiger partial charge in [0.15, 0.2) is 0 Å². The van der Waals surface area contributed by atoms with E-state index in [2.05, 4.69) is 40.8 Å². The zero-order valence-electron chi connectivity index (χ0n) is 29.8. The van der Waals surface area contributed by atoms with E-state index in [-0.39, 0.29) is 35.6 Å². The molecule has 0 spiro atoms. The number of pyridine rings is 2. The number of phosphoric acid groups is 1. The van der Waals surface area contributed by atoms with Crippen molar-refractivity contribution in [3.8, 4) is 45.3 Å². The highest BCUT2D eigenvalue weighted by Crippen LogP contribution is 2.44. The average Bonchev–Trinajstić information content (AvgIpc) is 4.01. The van der Waals surface area contributed by atoms with Gasteiger partial charge in [-0.3, -0.25) is 28.8 Å². The van der Waals surface area contributed by atoms with Gasteiger partial charge in [0.05, 0.1) is 51.8 Å². The fourth-order valence-corrected chi connectivity index (χ4v) is 6.77. The van der Waals surface area contributed by atoms with Gasteiger partial charge in [-0.1, -0.05) is 12.1 Å². The first-order valence-electron chi connectivity index (χ1n) is 17.0. The summed E-state index contributed by atoms with van der Waals surface area (Å²) >= 11 is 0. The van der Waals surface area contributed by atoms with Crippen LogP contribution in [-0.4, -0.2) is 106 Å². The number of carbonyl (C=O) groups excluding carboxylic acids is 2. The van der Waals surface area contributed by atoms with E-state index < -0.39 is 57.1 Å². The van der Waals surface area contributed by atoms with Crippen molar-refractivity contribution in [1.82, 2.24) is 50.4 Å². The van der Waals surface area contributed by atoms with Crippen molar-refractivity contribution in [2.75, 3.05) is 36.1 Å². The standard InChI is InChI=1S/C34H29F2N12O8P/c1-45-41-31(39-43-45)29-9-3-19(13-37-29)25-7-5-21(11-27(25)35)47-15-23(55-33(47)49)17-53-57(51,52)54-18-24-16-48(34(50)56-24)22-6-8-26(28(36)12-22)20-4-10-30(38-14-20)32-40-44-46(2)42-32/h3-14,23-24H,15-18H2,1-2H3,(H,51,52)/t23-,24?/m1/s1. The molecule has 57 heavy (non-hydrogen) atoms. The zero-order chi connectivity index (χ0) is 39.8. The molecule has 4 aromatic heterocycles. The molecular formula is C34H29F2N12O8P. The van der Waals surface area contributed by atoms with Crippen molar-refractivity contribution in [3.63, 3.8) is 0 Å². The molecule has 2 saturated heterocycles. The monoisotopic (exact) mass is 802 g/mol. The smallest absolute Gasteiger partial charge is 0.441 e. The molecule has 23 heteroatoms. The summed E-state index contributed by atoms with van der Waals surface area (Å²) in [5, 5.41) is 23.5. The number of benzene rings is 2. The Morgan fingerprint density at radius 2 is 1.16 bits per heavy atom. The molecule has 6 aromatic rings. The van der Waals surface area contributed by atoms with Crippen LogP contribution in [0.4, 0.5) is 29.7 Å². The Balaban J connectivity index is 0.820. The third kappa shape index (κ3) is 8.05. The van der Waals surface area contributed by atoms with E-state index in [9.17, 15) is 19.0 Å². The number of tetrazole rings is 2. The first-order chi connectivity index (χ1) is 27.4. The van der Waals surface area contributed by atoms with Crippen LogP contribution < -0.4 is 9.80 Å². The molecule has 2 fully saturated rings. The maximum atomic E-state index is 15.2. The van der Waals surface area contributed by atoms with Gasteiger partial charge in [-0.05, 0) is 59.0 Å². The Labute approximate surface area is 320 Å². The Morgan fingerprint density at radius 1 is 0.719 bits per heavy atom. The van der Waals surface area contributed by atoms with Gasteiger partial charge in [0.25, 0.3) is 0 Å². The number of anilines is 2. The number of nitrogens with zero attached hydrogens (tertiary/aromatic N) is 12. The highest BCUT2D eigenvalue weighted by Gasteiger charge is 2.38. The average molecular weight is 803 g/mol. The molecule has 20 nitrogen and oxygen atoms in total. The molecule has 0 aliphatic carbocycles. The van der Waals surface area contributed by atoms with Crippen molar-refractivity contribution in [1.29, 1.82) is 0 Å². The van der Waals surface area contributed by atoms with Crippen LogP contribution in [-0.2, 0) is 37.2 Å². The van der Waals surface area contributed by atoms with Crippen LogP contribution in [0.2, 0.25) is 0 Å². The second-order valence-corrected chi connectivity index (χ2v) is 14.1. The molecule has 6 heterocycles. The lowest BCUT2D eigenvalue weighted by Crippen LogP contribution is -2.26. The number of cyclic esters (lactones) is 2. The van der Waals surface area contributed by atoms with Crippen LogP contribution in [0.5, 0.6) is 0 Å². The number of halogens is 2. The van der Waals surface area contributed by atoms with E-state index in [1.807, 2.05) is 0 Å². The summed E-state index contributed by atoms with van der Waals surface area (Å²) in [7, 11) is -1.50. The van der Waals surface area contributed by atoms with Gasteiger partial charge >= 0.3 is 20.0 Å². The maximum Gasteiger partial charge on any atom is 0.472 e. The summed E-state index contributed by atoms with van der Waals surface area (Å²) in [4.78, 5) is 49.1. The lowest BCUT2D eigenvalue weighted by Gasteiger charge is -2.17. The molecule has 8 rings (SSSR count). The predicted octanol–water partition coefficient (Wildman–Crippen LogP) is 3.95. The van der Waals surface area contributed by atoms with Crippen LogP contribution in [0.25, 0.3) is 45.3 Å². The second kappa shape index (κ2) is 15.1. The van der Waals surface area contributed by atoms with Crippen LogP contribution in [0, 0.1) is 11.6 Å². The fourth-order valence-electron chi connectivity index (χ4n) is 5.99. The van der Waals surface area contributed by atoms with E-state index in [4.69, 9.17) is 18.5 Å².